The van der Waals surface area contributed by atoms with Crippen LogP contribution < -0.4 is 0 Å². The molecule has 2 aromatic rings. The topological polar surface area (TPSA) is 0 Å². The van der Waals surface area contributed by atoms with Crippen molar-refractivity contribution in [3.63, 3.8) is 0 Å². The summed E-state index contributed by atoms with van der Waals surface area (Å²) in [5.41, 5.74) is 10.1. The molecule has 116 valence electrons. The molecular weight excluding hydrogens is 284 g/mol. The Kier molecular flexibility index (Phi) is 3.31. The van der Waals surface area contributed by atoms with Crippen molar-refractivity contribution in [2.75, 3.05) is 0 Å². The summed E-state index contributed by atoms with van der Waals surface area (Å²) in [6.45, 7) is 15.8. The van der Waals surface area contributed by atoms with Crippen LogP contribution in [-0.4, -0.2) is 0 Å². The third-order valence-corrected chi connectivity index (χ3v) is 5.53. The first kappa shape index (κ1) is 15.7. The van der Waals surface area contributed by atoms with Gasteiger partial charge in [0.1, 0.15) is 0 Å². The molecule has 0 nitrogen and oxygen atoms in total. The standard InChI is InChI=1S/C21H26S/c1-12-8-15(18-16(9-12)21(18,6)7)14-10-13(2)19(22)17(11-14)20(3,4)5/h8-11,22H,1-7H3. The van der Waals surface area contributed by atoms with Crippen LogP contribution in [0.25, 0.3) is 11.1 Å². The van der Waals surface area contributed by atoms with Gasteiger partial charge >= 0.3 is 0 Å². The second-order valence-corrected chi connectivity index (χ2v) is 8.75. The minimum atomic E-state index is 0.105. The molecule has 2 aromatic carbocycles. The molecule has 0 amide bonds. The number of benzene rings is 2. The van der Waals surface area contributed by atoms with Crippen molar-refractivity contribution in [1.29, 1.82) is 0 Å². The van der Waals surface area contributed by atoms with Gasteiger partial charge in [-0.1, -0.05) is 58.4 Å². The molecular formula is C21H26S. The predicted molar refractivity (Wildman–Crippen MR) is 99.4 cm³/mol. The summed E-state index contributed by atoms with van der Waals surface area (Å²) in [7, 11) is 0. The van der Waals surface area contributed by atoms with E-state index in [1.165, 1.54) is 38.9 Å². The van der Waals surface area contributed by atoms with E-state index in [0.29, 0.717) is 0 Å². The van der Waals surface area contributed by atoms with Crippen molar-refractivity contribution in [2.45, 2.75) is 64.2 Å². The normalized spacial score (nSPS) is 15.6. The van der Waals surface area contributed by atoms with E-state index in [2.05, 4.69) is 72.7 Å². The van der Waals surface area contributed by atoms with E-state index in [1.54, 1.807) is 0 Å². The number of hydrogen-bond donors (Lipinski definition) is 1. The average Bonchev–Trinajstić information content (AvgIpc) is 2.92. The smallest absolute Gasteiger partial charge is 0.0159 e. The monoisotopic (exact) mass is 310 g/mol. The lowest BCUT2D eigenvalue weighted by atomic mass is 9.84. The minimum absolute atomic E-state index is 0.105. The maximum absolute atomic E-state index is 4.76. The van der Waals surface area contributed by atoms with E-state index >= 15 is 0 Å². The highest BCUT2D eigenvalue weighted by molar-refractivity contribution is 7.80. The Hall–Kier alpha value is -1.21. The molecule has 1 heteroatoms. The first-order valence-electron chi connectivity index (χ1n) is 8.03. The Balaban J connectivity index is 2.25. The van der Waals surface area contributed by atoms with Gasteiger partial charge in [0, 0.05) is 10.3 Å². The molecule has 0 saturated heterocycles. The zero-order valence-corrected chi connectivity index (χ0v) is 15.7. The van der Waals surface area contributed by atoms with Crippen LogP contribution in [0.15, 0.2) is 29.2 Å². The van der Waals surface area contributed by atoms with Crippen molar-refractivity contribution in [3.8, 4) is 11.1 Å². The van der Waals surface area contributed by atoms with E-state index in [0.717, 1.165) is 4.90 Å². The molecule has 1 aliphatic rings. The van der Waals surface area contributed by atoms with E-state index in [-0.39, 0.29) is 10.8 Å². The van der Waals surface area contributed by atoms with Gasteiger partial charge in [0.15, 0.2) is 0 Å². The van der Waals surface area contributed by atoms with E-state index in [9.17, 15) is 0 Å². The Labute approximate surface area is 140 Å². The van der Waals surface area contributed by atoms with Crippen molar-refractivity contribution < 1.29 is 0 Å². The van der Waals surface area contributed by atoms with Crippen LogP contribution in [0, 0.1) is 13.8 Å². The van der Waals surface area contributed by atoms with Gasteiger partial charge in [-0.25, -0.2) is 0 Å². The third kappa shape index (κ3) is 2.31. The van der Waals surface area contributed by atoms with Gasteiger partial charge in [0.05, 0.1) is 0 Å². The van der Waals surface area contributed by atoms with Gasteiger partial charge < -0.3 is 0 Å². The summed E-state index contributed by atoms with van der Waals surface area (Å²) in [5, 5.41) is 0. The highest BCUT2D eigenvalue weighted by Gasteiger charge is 2.44. The van der Waals surface area contributed by atoms with Crippen LogP contribution >= 0.6 is 12.6 Å². The fraction of sp³-hybridized carbons (Fsp3) is 0.429. The summed E-state index contributed by atoms with van der Waals surface area (Å²) in [5.74, 6) is 0. The van der Waals surface area contributed by atoms with Crippen LogP contribution in [0.5, 0.6) is 0 Å². The molecule has 0 N–H and O–H groups in total. The second kappa shape index (κ2) is 4.64. The Bertz CT molecular complexity index is 773. The fourth-order valence-corrected chi connectivity index (χ4v) is 4.00. The van der Waals surface area contributed by atoms with Gasteiger partial charge in [0.2, 0.25) is 0 Å². The minimum Gasteiger partial charge on any atom is -0.143 e. The van der Waals surface area contributed by atoms with Gasteiger partial charge in [-0.2, -0.15) is 0 Å². The molecule has 3 rings (SSSR count). The lowest BCUT2D eigenvalue weighted by Crippen LogP contribution is -2.13. The van der Waals surface area contributed by atoms with Gasteiger partial charge in [-0.05, 0) is 58.7 Å². The van der Waals surface area contributed by atoms with Crippen molar-refractivity contribution >= 4 is 12.6 Å². The van der Waals surface area contributed by atoms with Crippen LogP contribution in [0.2, 0.25) is 0 Å². The zero-order valence-electron chi connectivity index (χ0n) is 14.8. The van der Waals surface area contributed by atoms with Crippen LogP contribution in [0.3, 0.4) is 0 Å². The third-order valence-electron chi connectivity index (χ3n) is 4.94. The number of fused-ring (bicyclic) bond motifs is 1. The molecule has 0 spiro atoms. The fourth-order valence-electron chi connectivity index (χ4n) is 3.54. The van der Waals surface area contributed by atoms with Crippen LogP contribution in [-0.2, 0) is 10.8 Å². The summed E-state index contributed by atoms with van der Waals surface area (Å²) < 4.78 is 0. The van der Waals surface area contributed by atoms with E-state index in [1.807, 2.05) is 0 Å². The Morgan fingerprint density at radius 2 is 1.59 bits per heavy atom. The first-order chi connectivity index (χ1) is 10.0. The molecule has 0 heterocycles. The quantitative estimate of drug-likeness (QED) is 0.596. The lowest BCUT2D eigenvalue weighted by molar-refractivity contribution is 0.577. The zero-order chi connectivity index (χ0) is 16.4. The van der Waals surface area contributed by atoms with Crippen molar-refractivity contribution in [1.82, 2.24) is 0 Å². The largest absolute Gasteiger partial charge is 0.143 e. The molecule has 0 unspecified atom stereocenters. The maximum Gasteiger partial charge on any atom is 0.0159 e. The molecule has 0 aromatic heterocycles. The number of rotatable bonds is 1. The maximum atomic E-state index is 4.76. The van der Waals surface area contributed by atoms with Gasteiger partial charge in [-0.15, -0.1) is 12.6 Å². The molecule has 1 aliphatic carbocycles. The van der Waals surface area contributed by atoms with Crippen LogP contribution in [0.4, 0.5) is 0 Å². The molecule has 0 radical (unpaired) electrons. The number of hydrogen-bond acceptors (Lipinski definition) is 1. The molecule has 0 bridgehead atoms. The molecule has 0 aliphatic heterocycles. The number of thiol groups is 1. The highest BCUT2D eigenvalue weighted by atomic mass is 32.1. The number of aryl methyl sites for hydroxylation is 2. The van der Waals surface area contributed by atoms with E-state index in [4.69, 9.17) is 12.6 Å². The van der Waals surface area contributed by atoms with Crippen molar-refractivity contribution in [2.24, 2.45) is 0 Å². The SMILES string of the molecule is Cc1cc(-c2cc(C)c(S)c(C(C)(C)C)c2)c2c(c1)C2(C)C. The average molecular weight is 311 g/mol. The molecule has 22 heavy (non-hydrogen) atoms. The molecule has 0 atom stereocenters. The highest BCUT2D eigenvalue weighted by Crippen LogP contribution is 2.54. The molecule has 0 saturated carbocycles. The second-order valence-electron chi connectivity index (χ2n) is 8.30. The Morgan fingerprint density at radius 3 is 2.18 bits per heavy atom. The van der Waals surface area contributed by atoms with E-state index < -0.39 is 0 Å². The summed E-state index contributed by atoms with van der Waals surface area (Å²) in [4.78, 5) is 1.13. The predicted octanol–water partition coefficient (Wildman–Crippen LogP) is 6.20. The summed E-state index contributed by atoms with van der Waals surface area (Å²) in [6, 6.07) is 9.32. The van der Waals surface area contributed by atoms with Gasteiger partial charge in [-0.3, -0.25) is 0 Å². The molecule has 0 fully saturated rings. The van der Waals surface area contributed by atoms with Crippen molar-refractivity contribution in [3.05, 3.63) is 52.1 Å². The summed E-state index contributed by atoms with van der Waals surface area (Å²) >= 11 is 4.76. The van der Waals surface area contributed by atoms with Gasteiger partial charge in [0.25, 0.3) is 0 Å². The summed E-state index contributed by atoms with van der Waals surface area (Å²) in [6.07, 6.45) is 0. The Morgan fingerprint density at radius 1 is 0.955 bits per heavy atom. The first-order valence-corrected chi connectivity index (χ1v) is 8.48. The van der Waals surface area contributed by atoms with Crippen LogP contribution in [0.1, 0.15) is 62.4 Å². The lowest BCUT2D eigenvalue weighted by Gasteiger charge is -2.24.